The lowest BCUT2D eigenvalue weighted by Crippen LogP contribution is -2.47. The zero-order chi connectivity index (χ0) is 33.5. The topological polar surface area (TPSA) is 203 Å². The monoisotopic (exact) mass is 658 g/mol. The molecule has 1 aliphatic heterocycles. The van der Waals surface area contributed by atoms with E-state index in [2.05, 4.69) is 10.4 Å². The fraction of sp³-hybridized carbons (Fsp3) is 0.519. The molecule has 3 N–H and O–H groups in total. The summed E-state index contributed by atoms with van der Waals surface area (Å²) in [5.74, 6) is -2.11. The number of alkyl halides is 1. The summed E-state index contributed by atoms with van der Waals surface area (Å²) in [5, 5.41) is 15.5. The third-order valence-electron chi connectivity index (χ3n) is 6.34. The van der Waals surface area contributed by atoms with Gasteiger partial charge in [-0.05, 0) is 39.8 Å². The van der Waals surface area contributed by atoms with Gasteiger partial charge in [-0.1, -0.05) is 18.2 Å². The molecule has 1 aliphatic rings. The highest BCUT2D eigenvalue weighted by molar-refractivity contribution is 7.52. The van der Waals surface area contributed by atoms with Gasteiger partial charge >= 0.3 is 25.4 Å². The van der Waals surface area contributed by atoms with Gasteiger partial charge in [-0.2, -0.15) is 5.09 Å². The Kier molecular flexibility index (Phi) is 11.8. The minimum Gasteiger partial charge on any atom is -0.462 e. The summed E-state index contributed by atoms with van der Waals surface area (Å²) in [5.41, 5.74) is -4.69. The molecule has 45 heavy (non-hydrogen) atoms. The summed E-state index contributed by atoms with van der Waals surface area (Å²) in [6.07, 6.45) is -4.82. The van der Waals surface area contributed by atoms with E-state index in [0.29, 0.717) is 9.13 Å². The van der Waals surface area contributed by atoms with Crippen LogP contribution in [0.2, 0.25) is 0 Å². The Hall–Kier alpha value is -3.89. The quantitative estimate of drug-likeness (QED) is 0.190. The maximum atomic E-state index is 15.9. The van der Waals surface area contributed by atoms with Crippen LogP contribution in [0.1, 0.15) is 40.8 Å². The van der Waals surface area contributed by atoms with Crippen LogP contribution >= 0.6 is 7.75 Å². The Morgan fingerprint density at radius 2 is 1.82 bits per heavy atom. The Morgan fingerprint density at radius 1 is 1.16 bits per heavy atom. The Morgan fingerprint density at radius 3 is 2.44 bits per heavy atom. The van der Waals surface area contributed by atoms with Gasteiger partial charge in [0.05, 0.1) is 12.7 Å². The number of benzene rings is 1. The summed E-state index contributed by atoms with van der Waals surface area (Å²) < 4.78 is 57.5. The zero-order valence-electron chi connectivity index (χ0n) is 25.2. The van der Waals surface area contributed by atoms with E-state index in [1.807, 2.05) is 0 Å². The molecule has 1 amide bonds. The second-order valence-electron chi connectivity index (χ2n) is 10.5. The van der Waals surface area contributed by atoms with Gasteiger partial charge in [-0.3, -0.25) is 28.3 Å². The molecule has 2 heterocycles. The van der Waals surface area contributed by atoms with Crippen LogP contribution in [0.5, 0.6) is 5.75 Å². The van der Waals surface area contributed by atoms with Gasteiger partial charge in [0.25, 0.3) is 5.56 Å². The number of carbonyl (C=O) groups is 3. The third kappa shape index (κ3) is 9.31. The molecule has 3 rings (SSSR count). The van der Waals surface area contributed by atoms with Crippen LogP contribution in [-0.4, -0.2) is 75.3 Å². The number of aliphatic hydroxyl groups is 1. The molecule has 248 valence electrons. The molecule has 2 aromatic rings. The predicted octanol–water partition coefficient (Wildman–Crippen LogP) is 0.767. The molecule has 0 radical (unpaired) electrons. The molecule has 1 fully saturated rings. The largest absolute Gasteiger partial charge is 0.462 e. The lowest BCUT2D eigenvalue weighted by molar-refractivity contribution is -0.149. The van der Waals surface area contributed by atoms with Crippen molar-refractivity contribution >= 4 is 25.6 Å². The van der Waals surface area contributed by atoms with Crippen LogP contribution in [0.4, 0.5) is 4.39 Å². The fourth-order valence-electron chi connectivity index (χ4n) is 4.07. The van der Waals surface area contributed by atoms with Crippen molar-refractivity contribution in [3.05, 3.63) is 63.4 Å². The summed E-state index contributed by atoms with van der Waals surface area (Å²) in [6, 6.07) is 7.54. The summed E-state index contributed by atoms with van der Waals surface area (Å²) in [7, 11) is -4.41. The van der Waals surface area contributed by atoms with Gasteiger partial charge in [0.2, 0.25) is 5.91 Å². The van der Waals surface area contributed by atoms with E-state index in [9.17, 15) is 33.6 Å². The van der Waals surface area contributed by atoms with Crippen LogP contribution in [0.25, 0.3) is 0 Å². The molecule has 1 unspecified atom stereocenters. The van der Waals surface area contributed by atoms with Crippen molar-refractivity contribution in [2.75, 3.05) is 13.2 Å². The van der Waals surface area contributed by atoms with Crippen molar-refractivity contribution in [2.45, 2.75) is 77.6 Å². The number of hydrogen-bond acceptors (Lipinski definition) is 12. The first-order chi connectivity index (χ1) is 21.0. The Labute approximate surface area is 256 Å². The molecule has 1 aromatic carbocycles. The van der Waals surface area contributed by atoms with E-state index in [0.717, 1.165) is 19.2 Å². The van der Waals surface area contributed by atoms with Gasteiger partial charge in [0.15, 0.2) is 18.6 Å². The first-order valence-corrected chi connectivity index (χ1v) is 15.3. The number of esters is 2. The van der Waals surface area contributed by atoms with Crippen LogP contribution in [0.3, 0.4) is 0 Å². The third-order valence-corrected chi connectivity index (χ3v) is 7.98. The summed E-state index contributed by atoms with van der Waals surface area (Å²) in [6.45, 7) is 4.62. The van der Waals surface area contributed by atoms with Gasteiger partial charge in [-0.15, -0.1) is 0 Å². The number of hydrogen-bond donors (Lipinski definition) is 3. The number of nitrogens with one attached hydrogen (secondary N) is 2. The lowest BCUT2D eigenvalue weighted by Gasteiger charge is -2.25. The van der Waals surface area contributed by atoms with Crippen LogP contribution in [0, 0.1) is 0 Å². The highest BCUT2D eigenvalue weighted by Gasteiger charge is 2.56. The minimum absolute atomic E-state index is 0.102. The average molecular weight is 659 g/mol. The number of nitrogens with zero attached hydrogens (tertiary/aromatic N) is 2. The number of para-hydroxylation sites is 1. The highest BCUT2D eigenvalue weighted by atomic mass is 31.2. The molecule has 0 bridgehead atoms. The number of amides is 1. The highest BCUT2D eigenvalue weighted by Crippen LogP contribution is 2.47. The predicted molar refractivity (Wildman–Crippen MR) is 154 cm³/mol. The number of ether oxygens (including phenoxy) is 3. The smallest absolute Gasteiger partial charge is 0.459 e. The Balaban J connectivity index is 1.80. The van der Waals surface area contributed by atoms with Crippen LogP contribution in [0.15, 0.2) is 52.2 Å². The first-order valence-electron chi connectivity index (χ1n) is 13.8. The van der Waals surface area contributed by atoms with Crippen molar-refractivity contribution in [1.29, 1.82) is 0 Å². The van der Waals surface area contributed by atoms with Crippen molar-refractivity contribution in [3.63, 3.8) is 0 Å². The molecule has 1 saturated heterocycles. The van der Waals surface area contributed by atoms with E-state index in [-0.39, 0.29) is 5.75 Å². The van der Waals surface area contributed by atoms with Crippen LogP contribution < -0.4 is 26.2 Å². The maximum absolute atomic E-state index is 15.9. The first kappa shape index (κ1) is 35.6. The van der Waals surface area contributed by atoms with Gasteiger partial charge in [0, 0.05) is 19.2 Å². The molecular weight excluding hydrogens is 622 g/mol. The van der Waals surface area contributed by atoms with Gasteiger partial charge < -0.3 is 29.2 Å². The number of halogens is 1. The fourth-order valence-corrected chi connectivity index (χ4v) is 5.57. The molecular formula is C27H36FN4O12P. The van der Waals surface area contributed by atoms with Crippen molar-refractivity contribution in [2.24, 2.45) is 0 Å². The van der Waals surface area contributed by atoms with Crippen molar-refractivity contribution in [1.82, 2.24) is 19.5 Å². The second kappa shape index (κ2) is 14.9. The molecule has 0 aliphatic carbocycles. The normalized spacial score (nSPS) is 23.2. The van der Waals surface area contributed by atoms with Crippen LogP contribution in [-0.2, 0) is 44.4 Å². The zero-order valence-corrected chi connectivity index (χ0v) is 26.1. The van der Waals surface area contributed by atoms with Crippen molar-refractivity contribution in [3.8, 4) is 5.75 Å². The Bertz CT molecular complexity index is 1530. The average Bonchev–Trinajstić information content (AvgIpc) is 3.18. The molecule has 18 heteroatoms. The maximum Gasteiger partial charge on any atom is 0.459 e. The number of rotatable bonds is 14. The number of aliphatic hydroxyl groups excluding tert-OH is 1. The van der Waals surface area contributed by atoms with E-state index in [1.165, 1.54) is 26.0 Å². The summed E-state index contributed by atoms with van der Waals surface area (Å²) >= 11 is 0. The van der Waals surface area contributed by atoms with Crippen molar-refractivity contribution < 1.29 is 51.7 Å². The molecule has 0 spiro atoms. The van der Waals surface area contributed by atoms with E-state index >= 15 is 4.39 Å². The van der Waals surface area contributed by atoms with E-state index in [1.54, 1.807) is 32.0 Å². The molecule has 16 nitrogen and oxygen atoms in total. The second-order valence-corrected chi connectivity index (χ2v) is 12.2. The molecule has 6 atom stereocenters. The summed E-state index contributed by atoms with van der Waals surface area (Å²) in [4.78, 5) is 60.6. The lowest BCUT2D eigenvalue weighted by atomic mass is 9.98. The molecule has 1 aromatic heterocycles. The van der Waals surface area contributed by atoms with E-state index in [4.69, 9.17) is 23.3 Å². The molecule has 0 saturated carbocycles. The van der Waals surface area contributed by atoms with Gasteiger partial charge in [0.1, 0.15) is 30.5 Å². The minimum atomic E-state index is -4.41. The number of carbonyl (C=O) groups excluding carboxylic acids is 3. The standard InChI is InChI=1S/C27H36FN4O12P/c1-16(2)42-24(37)17(3)30-45(39,44-19-9-7-6-8-10-19)41-14-20-23(36)27(5,28)25(43-20)31-12-11-21(34)32(26(31)38)15-40-22(35)13-29-18(4)33/h6-12,16-17,20,23,25,36H,13-15H2,1-5H3,(H,29,33)(H,30,39)/t17-,20+,23+,25+,27+,45?/m0/s1. The van der Waals surface area contributed by atoms with Gasteiger partial charge in [-0.25, -0.2) is 18.3 Å². The number of aromatic nitrogens is 2. The SMILES string of the molecule is CC(=O)NCC(=O)OCn1c(=O)ccn([C@@H]2O[C@H](COP(=O)(N[C@@H](C)C(=O)OC(C)C)Oc3ccccc3)[C@@H](O)[C@@]2(C)F)c1=O. The van der Waals surface area contributed by atoms with E-state index < -0.39 is 93.0 Å².